The number of aromatic nitrogens is 1. The van der Waals surface area contributed by atoms with E-state index in [0.29, 0.717) is 12.1 Å². The zero-order chi connectivity index (χ0) is 13.7. The van der Waals surface area contributed by atoms with Gasteiger partial charge in [-0.25, -0.2) is 4.98 Å². The van der Waals surface area contributed by atoms with Crippen molar-refractivity contribution in [3.05, 3.63) is 11.1 Å². The molecule has 1 N–H and O–H groups in total. The molecule has 5 heteroatoms. The summed E-state index contributed by atoms with van der Waals surface area (Å²) < 4.78 is 5.47. The van der Waals surface area contributed by atoms with E-state index >= 15 is 0 Å². The van der Waals surface area contributed by atoms with Crippen LogP contribution in [0.5, 0.6) is 0 Å². The minimum atomic E-state index is 0.358. The minimum Gasteiger partial charge on any atom is -0.380 e. The Morgan fingerprint density at radius 1 is 1.63 bits per heavy atom. The van der Waals surface area contributed by atoms with Crippen molar-refractivity contribution in [2.24, 2.45) is 0 Å². The number of ether oxygens (including phenoxy) is 1. The Bertz CT molecular complexity index is 383. The van der Waals surface area contributed by atoms with E-state index in [4.69, 9.17) is 4.74 Å². The molecule has 0 bridgehead atoms. The van der Waals surface area contributed by atoms with Crippen LogP contribution in [-0.4, -0.2) is 37.8 Å². The SMILES string of the molecule is CCCNC(C)c1cnc(N2CCCC(OC)C2)s1. The van der Waals surface area contributed by atoms with Gasteiger partial charge >= 0.3 is 0 Å². The number of piperidine rings is 1. The van der Waals surface area contributed by atoms with Crippen LogP contribution in [-0.2, 0) is 4.74 Å². The molecule has 4 nitrogen and oxygen atoms in total. The predicted molar refractivity (Wildman–Crippen MR) is 81.1 cm³/mol. The Hall–Kier alpha value is -0.650. The maximum Gasteiger partial charge on any atom is 0.185 e. The molecule has 0 aromatic carbocycles. The van der Waals surface area contributed by atoms with Gasteiger partial charge in [0.25, 0.3) is 0 Å². The molecule has 0 saturated carbocycles. The summed E-state index contributed by atoms with van der Waals surface area (Å²) in [5.41, 5.74) is 0. The van der Waals surface area contributed by atoms with Crippen molar-refractivity contribution in [2.45, 2.75) is 45.3 Å². The fourth-order valence-electron chi connectivity index (χ4n) is 2.39. The van der Waals surface area contributed by atoms with Crippen LogP contribution >= 0.6 is 11.3 Å². The third kappa shape index (κ3) is 3.91. The summed E-state index contributed by atoms with van der Waals surface area (Å²) in [6.45, 7) is 7.53. The molecule has 0 spiro atoms. The van der Waals surface area contributed by atoms with Crippen LogP contribution in [0.4, 0.5) is 5.13 Å². The third-order valence-corrected chi connectivity index (χ3v) is 4.86. The number of thiazole rings is 1. The molecule has 1 aromatic rings. The van der Waals surface area contributed by atoms with E-state index in [-0.39, 0.29) is 0 Å². The molecule has 108 valence electrons. The fraction of sp³-hybridized carbons (Fsp3) is 0.786. The van der Waals surface area contributed by atoms with Gasteiger partial charge in [0.1, 0.15) is 0 Å². The topological polar surface area (TPSA) is 37.4 Å². The summed E-state index contributed by atoms with van der Waals surface area (Å²) in [7, 11) is 1.80. The van der Waals surface area contributed by atoms with Gasteiger partial charge in [-0.3, -0.25) is 0 Å². The molecule has 0 radical (unpaired) electrons. The average molecular weight is 283 g/mol. The van der Waals surface area contributed by atoms with Crippen LogP contribution in [0.15, 0.2) is 6.20 Å². The number of nitrogens with zero attached hydrogens (tertiary/aromatic N) is 2. The van der Waals surface area contributed by atoms with Gasteiger partial charge in [-0.05, 0) is 32.7 Å². The zero-order valence-electron chi connectivity index (χ0n) is 12.2. The molecule has 0 amide bonds. The Balaban J connectivity index is 1.96. The van der Waals surface area contributed by atoms with E-state index in [1.54, 1.807) is 7.11 Å². The van der Waals surface area contributed by atoms with Crippen molar-refractivity contribution >= 4 is 16.5 Å². The fourth-order valence-corrected chi connectivity index (χ4v) is 3.37. The van der Waals surface area contributed by atoms with E-state index in [2.05, 4.69) is 29.0 Å². The quantitative estimate of drug-likeness (QED) is 0.871. The molecule has 0 aliphatic carbocycles. The van der Waals surface area contributed by atoms with Crippen LogP contribution in [0.1, 0.15) is 44.0 Å². The predicted octanol–water partition coefficient (Wildman–Crippen LogP) is 2.82. The summed E-state index contributed by atoms with van der Waals surface area (Å²) in [5, 5.41) is 4.65. The number of hydrogen-bond donors (Lipinski definition) is 1. The Morgan fingerprint density at radius 3 is 3.21 bits per heavy atom. The lowest BCUT2D eigenvalue weighted by molar-refractivity contribution is 0.0893. The molecular formula is C14H25N3OS. The molecule has 1 fully saturated rings. The smallest absolute Gasteiger partial charge is 0.185 e. The highest BCUT2D eigenvalue weighted by Crippen LogP contribution is 2.29. The van der Waals surface area contributed by atoms with Crippen LogP contribution < -0.4 is 10.2 Å². The van der Waals surface area contributed by atoms with Crippen LogP contribution in [0.3, 0.4) is 0 Å². The first kappa shape index (κ1) is 14.8. The van der Waals surface area contributed by atoms with E-state index in [0.717, 1.165) is 31.2 Å². The molecule has 1 aliphatic rings. The first-order chi connectivity index (χ1) is 9.24. The second-order valence-electron chi connectivity index (χ2n) is 5.17. The number of hydrogen-bond acceptors (Lipinski definition) is 5. The van der Waals surface area contributed by atoms with Gasteiger partial charge in [0.15, 0.2) is 5.13 Å². The molecule has 2 rings (SSSR count). The summed E-state index contributed by atoms with van der Waals surface area (Å²) >= 11 is 1.81. The lowest BCUT2D eigenvalue weighted by Gasteiger charge is -2.31. The van der Waals surface area contributed by atoms with Crippen molar-refractivity contribution in [1.29, 1.82) is 0 Å². The van der Waals surface area contributed by atoms with Gasteiger partial charge < -0.3 is 15.0 Å². The molecule has 1 aliphatic heterocycles. The Kier molecular flexibility index (Phi) is 5.60. The summed E-state index contributed by atoms with van der Waals surface area (Å²) in [6, 6.07) is 0.397. The van der Waals surface area contributed by atoms with Crippen molar-refractivity contribution in [2.75, 3.05) is 31.6 Å². The van der Waals surface area contributed by atoms with Crippen molar-refractivity contribution < 1.29 is 4.74 Å². The minimum absolute atomic E-state index is 0.358. The Labute approximate surface area is 120 Å². The third-order valence-electron chi connectivity index (χ3n) is 3.62. The number of methoxy groups -OCH3 is 1. The number of rotatable bonds is 6. The standard InChI is InChI=1S/C14H25N3OS/c1-4-7-15-11(2)13-9-16-14(19-13)17-8-5-6-12(10-17)18-3/h9,11-12,15H,4-8,10H2,1-3H3. The van der Waals surface area contributed by atoms with Crippen LogP contribution in [0.2, 0.25) is 0 Å². The van der Waals surface area contributed by atoms with Gasteiger partial charge in [0.05, 0.1) is 6.10 Å². The lowest BCUT2D eigenvalue weighted by atomic mass is 10.1. The van der Waals surface area contributed by atoms with Crippen LogP contribution in [0, 0.1) is 0 Å². The van der Waals surface area contributed by atoms with Gasteiger partial charge in [-0.15, -0.1) is 11.3 Å². The molecule has 2 heterocycles. The molecular weight excluding hydrogens is 258 g/mol. The largest absolute Gasteiger partial charge is 0.380 e. The number of anilines is 1. The molecule has 1 aromatic heterocycles. The summed E-state index contributed by atoms with van der Waals surface area (Å²) in [5.74, 6) is 0. The lowest BCUT2D eigenvalue weighted by Crippen LogP contribution is -2.39. The Morgan fingerprint density at radius 2 is 2.47 bits per heavy atom. The summed E-state index contributed by atoms with van der Waals surface area (Å²) in [4.78, 5) is 8.27. The van der Waals surface area contributed by atoms with E-state index in [1.807, 2.05) is 17.5 Å². The second-order valence-corrected chi connectivity index (χ2v) is 6.21. The molecule has 2 unspecified atom stereocenters. The van der Waals surface area contributed by atoms with Crippen molar-refractivity contribution in [3.8, 4) is 0 Å². The van der Waals surface area contributed by atoms with E-state index in [9.17, 15) is 0 Å². The maximum absolute atomic E-state index is 5.47. The zero-order valence-corrected chi connectivity index (χ0v) is 13.0. The highest BCUT2D eigenvalue weighted by Gasteiger charge is 2.22. The van der Waals surface area contributed by atoms with Gasteiger partial charge in [-0.1, -0.05) is 6.92 Å². The highest BCUT2D eigenvalue weighted by molar-refractivity contribution is 7.15. The molecule has 2 atom stereocenters. The maximum atomic E-state index is 5.47. The average Bonchev–Trinajstić information content (AvgIpc) is 2.94. The van der Waals surface area contributed by atoms with E-state index in [1.165, 1.54) is 17.7 Å². The first-order valence-electron chi connectivity index (χ1n) is 7.21. The van der Waals surface area contributed by atoms with Gasteiger partial charge in [0.2, 0.25) is 0 Å². The normalized spacial score (nSPS) is 21.6. The molecule has 1 saturated heterocycles. The van der Waals surface area contributed by atoms with Gasteiger partial charge in [0, 0.05) is 37.3 Å². The number of nitrogens with one attached hydrogen (secondary N) is 1. The highest BCUT2D eigenvalue weighted by atomic mass is 32.1. The first-order valence-corrected chi connectivity index (χ1v) is 8.03. The van der Waals surface area contributed by atoms with Gasteiger partial charge in [-0.2, -0.15) is 0 Å². The second kappa shape index (κ2) is 7.22. The van der Waals surface area contributed by atoms with E-state index < -0.39 is 0 Å². The monoisotopic (exact) mass is 283 g/mol. The van der Waals surface area contributed by atoms with Crippen molar-refractivity contribution in [1.82, 2.24) is 10.3 Å². The molecule has 19 heavy (non-hydrogen) atoms. The van der Waals surface area contributed by atoms with Crippen LogP contribution in [0.25, 0.3) is 0 Å². The van der Waals surface area contributed by atoms with Crippen molar-refractivity contribution in [3.63, 3.8) is 0 Å². The summed E-state index contributed by atoms with van der Waals surface area (Å²) in [6.07, 6.45) is 5.90.